The number of halogens is 1. The second-order valence-corrected chi connectivity index (χ2v) is 6.73. The lowest BCUT2D eigenvalue weighted by molar-refractivity contribution is 0.0971. The molecule has 5 nitrogen and oxygen atoms in total. The van der Waals surface area contributed by atoms with Crippen molar-refractivity contribution in [1.29, 1.82) is 0 Å². The fraction of sp³-hybridized carbons (Fsp3) is 0.0455. The number of aromatic nitrogens is 2. The maximum absolute atomic E-state index is 13.2. The summed E-state index contributed by atoms with van der Waals surface area (Å²) in [5.74, 6) is -0.214. The fourth-order valence-corrected chi connectivity index (χ4v) is 3.28. The molecular formula is C22H15ClN2O3. The number of Topliss-reactive ketones (excluding diaryl/α,β-unsaturated/α-hetero) is 1. The predicted octanol–water partition coefficient (Wildman–Crippen LogP) is 3.69. The van der Waals surface area contributed by atoms with E-state index in [4.69, 9.17) is 11.6 Å². The Morgan fingerprint density at radius 1 is 0.821 bits per heavy atom. The second-order valence-electron chi connectivity index (χ2n) is 6.29. The van der Waals surface area contributed by atoms with Gasteiger partial charge in [0, 0.05) is 10.6 Å². The molecule has 0 aliphatic rings. The zero-order valence-corrected chi connectivity index (χ0v) is 15.5. The van der Waals surface area contributed by atoms with E-state index in [0.29, 0.717) is 27.2 Å². The average Bonchev–Trinajstić information content (AvgIpc) is 2.73. The van der Waals surface area contributed by atoms with Crippen LogP contribution in [-0.4, -0.2) is 14.9 Å². The summed E-state index contributed by atoms with van der Waals surface area (Å²) in [7, 11) is 0. The third-order valence-electron chi connectivity index (χ3n) is 4.53. The molecule has 0 spiro atoms. The van der Waals surface area contributed by atoms with Gasteiger partial charge in [-0.3, -0.25) is 14.2 Å². The Kier molecular flexibility index (Phi) is 4.67. The molecule has 0 saturated heterocycles. The molecule has 0 atom stereocenters. The normalized spacial score (nSPS) is 10.9. The van der Waals surface area contributed by atoms with Gasteiger partial charge in [0.1, 0.15) is 0 Å². The number of hydrogen-bond acceptors (Lipinski definition) is 3. The van der Waals surface area contributed by atoms with Gasteiger partial charge in [-0.2, -0.15) is 0 Å². The molecule has 6 heteroatoms. The van der Waals surface area contributed by atoms with E-state index >= 15 is 0 Å². The van der Waals surface area contributed by atoms with Gasteiger partial charge in [0.05, 0.1) is 23.1 Å². The van der Waals surface area contributed by atoms with Crippen LogP contribution in [0, 0.1) is 0 Å². The Bertz CT molecular complexity index is 1290. The first kappa shape index (κ1) is 17.9. The van der Waals surface area contributed by atoms with Crippen molar-refractivity contribution in [3.8, 4) is 5.69 Å². The van der Waals surface area contributed by atoms with Crippen LogP contribution >= 0.6 is 11.6 Å². The van der Waals surface area contributed by atoms with Crippen LogP contribution < -0.4 is 11.2 Å². The van der Waals surface area contributed by atoms with Crippen molar-refractivity contribution in [2.75, 3.05) is 0 Å². The lowest BCUT2D eigenvalue weighted by atomic mass is 10.1. The van der Waals surface area contributed by atoms with E-state index in [1.165, 1.54) is 4.57 Å². The fourth-order valence-electron chi connectivity index (χ4n) is 3.15. The molecule has 1 aromatic heterocycles. The first-order valence-corrected chi connectivity index (χ1v) is 9.03. The SMILES string of the molecule is O=C(Cn1c(=O)n(-c2ccc(Cl)cc2)c(=O)c2ccccc21)c1ccccc1. The molecule has 0 unspecified atom stereocenters. The summed E-state index contributed by atoms with van der Waals surface area (Å²) in [6.45, 7) is -0.169. The largest absolute Gasteiger partial charge is 0.336 e. The standard InChI is InChI=1S/C22H15ClN2O3/c23-16-10-12-17(13-11-16)25-21(27)18-8-4-5-9-19(18)24(22(25)28)14-20(26)15-6-2-1-3-7-15/h1-13H,14H2. The zero-order chi connectivity index (χ0) is 19.7. The van der Waals surface area contributed by atoms with Gasteiger partial charge in [0.2, 0.25) is 0 Å². The summed E-state index contributed by atoms with van der Waals surface area (Å²) in [5.41, 5.74) is 0.308. The first-order valence-electron chi connectivity index (χ1n) is 8.65. The molecule has 0 fully saturated rings. The summed E-state index contributed by atoms with van der Waals surface area (Å²) in [4.78, 5) is 38.9. The summed E-state index contributed by atoms with van der Waals surface area (Å²) >= 11 is 5.93. The van der Waals surface area contributed by atoms with E-state index in [-0.39, 0.29) is 12.3 Å². The highest BCUT2D eigenvalue weighted by molar-refractivity contribution is 6.30. The quantitative estimate of drug-likeness (QED) is 0.499. The van der Waals surface area contributed by atoms with Crippen molar-refractivity contribution >= 4 is 28.3 Å². The minimum atomic E-state index is -0.574. The molecule has 0 N–H and O–H groups in total. The van der Waals surface area contributed by atoms with Crippen LogP contribution in [0.25, 0.3) is 16.6 Å². The van der Waals surface area contributed by atoms with Gasteiger partial charge < -0.3 is 0 Å². The van der Waals surface area contributed by atoms with Crippen LogP contribution in [-0.2, 0) is 6.54 Å². The van der Waals surface area contributed by atoms with Crippen molar-refractivity contribution < 1.29 is 4.79 Å². The highest BCUT2D eigenvalue weighted by atomic mass is 35.5. The van der Waals surface area contributed by atoms with Gasteiger partial charge in [-0.25, -0.2) is 9.36 Å². The predicted molar refractivity (Wildman–Crippen MR) is 110 cm³/mol. The van der Waals surface area contributed by atoms with Crippen molar-refractivity contribution in [1.82, 2.24) is 9.13 Å². The molecule has 0 amide bonds. The van der Waals surface area contributed by atoms with Crippen LogP contribution in [0.1, 0.15) is 10.4 Å². The molecule has 0 saturated carbocycles. The number of nitrogens with zero attached hydrogens (tertiary/aromatic N) is 2. The molecular weight excluding hydrogens is 376 g/mol. The Morgan fingerprint density at radius 3 is 2.18 bits per heavy atom. The highest BCUT2D eigenvalue weighted by Crippen LogP contribution is 2.14. The van der Waals surface area contributed by atoms with Gasteiger partial charge in [-0.15, -0.1) is 0 Å². The zero-order valence-electron chi connectivity index (χ0n) is 14.7. The molecule has 4 aromatic rings. The Labute approximate surface area is 165 Å². The first-order chi connectivity index (χ1) is 13.6. The van der Waals surface area contributed by atoms with E-state index in [9.17, 15) is 14.4 Å². The van der Waals surface area contributed by atoms with Gasteiger partial charge in [-0.1, -0.05) is 54.1 Å². The second kappa shape index (κ2) is 7.29. The third kappa shape index (κ3) is 3.17. The number of para-hydroxylation sites is 1. The molecule has 0 aliphatic heterocycles. The number of rotatable bonds is 4. The van der Waals surface area contributed by atoms with Gasteiger partial charge in [0.25, 0.3) is 5.56 Å². The smallest absolute Gasteiger partial charge is 0.292 e. The summed E-state index contributed by atoms with van der Waals surface area (Å²) in [6.07, 6.45) is 0. The lowest BCUT2D eigenvalue weighted by Gasteiger charge is -2.14. The molecule has 3 aromatic carbocycles. The maximum Gasteiger partial charge on any atom is 0.336 e. The molecule has 0 aliphatic carbocycles. The van der Waals surface area contributed by atoms with Gasteiger partial charge >= 0.3 is 5.69 Å². The molecule has 4 rings (SSSR count). The van der Waals surface area contributed by atoms with E-state index in [1.54, 1.807) is 72.8 Å². The van der Waals surface area contributed by atoms with E-state index < -0.39 is 11.2 Å². The van der Waals surface area contributed by atoms with Crippen LogP contribution in [0.4, 0.5) is 0 Å². The van der Waals surface area contributed by atoms with Crippen molar-refractivity contribution in [2.45, 2.75) is 6.54 Å². The average molecular weight is 391 g/mol. The summed E-state index contributed by atoms with van der Waals surface area (Å²) in [6, 6.07) is 21.9. The topological polar surface area (TPSA) is 61.1 Å². The number of carbonyl (C=O) groups is 1. The Morgan fingerprint density at radius 2 is 1.46 bits per heavy atom. The number of hydrogen-bond donors (Lipinski definition) is 0. The van der Waals surface area contributed by atoms with E-state index in [1.807, 2.05) is 6.07 Å². The number of fused-ring (bicyclic) bond motifs is 1. The molecule has 138 valence electrons. The van der Waals surface area contributed by atoms with Crippen LogP contribution in [0.15, 0.2) is 88.5 Å². The molecule has 0 bridgehead atoms. The molecule has 28 heavy (non-hydrogen) atoms. The monoisotopic (exact) mass is 390 g/mol. The van der Waals surface area contributed by atoms with Crippen LogP contribution in [0.3, 0.4) is 0 Å². The van der Waals surface area contributed by atoms with Gasteiger partial charge in [0.15, 0.2) is 5.78 Å². The highest BCUT2D eigenvalue weighted by Gasteiger charge is 2.17. The minimum Gasteiger partial charge on any atom is -0.292 e. The van der Waals surface area contributed by atoms with Gasteiger partial charge in [-0.05, 0) is 36.4 Å². The number of benzene rings is 3. The van der Waals surface area contributed by atoms with Crippen LogP contribution in [0.5, 0.6) is 0 Å². The summed E-state index contributed by atoms with van der Waals surface area (Å²) < 4.78 is 2.40. The minimum absolute atomic E-state index is 0.169. The lowest BCUT2D eigenvalue weighted by Crippen LogP contribution is -2.40. The third-order valence-corrected chi connectivity index (χ3v) is 4.78. The number of ketones is 1. The van der Waals surface area contributed by atoms with Crippen molar-refractivity contribution in [3.05, 3.63) is 110 Å². The molecule has 0 radical (unpaired) electrons. The van der Waals surface area contributed by atoms with Crippen molar-refractivity contribution in [2.24, 2.45) is 0 Å². The van der Waals surface area contributed by atoms with E-state index in [2.05, 4.69) is 0 Å². The Balaban J connectivity index is 1.95. The van der Waals surface area contributed by atoms with E-state index in [0.717, 1.165) is 4.57 Å². The number of carbonyl (C=O) groups excluding carboxylic acids is 1. The van der Waals surface area contributed by atoms with Crippen LogP contribution in [0.2, 0.25) is 5.02 Å². The maximum atomic E-state index is 13.2. The van der Waals surface area contributed by atoms with Crippen molar-refractivity contribution in [3.63, 3.8) is 0 Å². The summed E-state index contributed by atoms with van der Waals surface area (Å²) in [5, 5.41) is 0.857. The Hall–Kier alpha value is -3.44. The molecule has 1 heterocycles.